The number of urea groups is 1. The van der Waals surface area contributed by atoms with E-state index in [1.165, 1.54) is 0 Å². The van der Waals surface area contributed by atoms with E-state index in [1.807, 2.05) is 0 Å². The van der Waals surface area contributed by atoms with Crippen LogP contribution in [0.5, 0.6) is 0 Å². The Labute approximate surface area is 103 Å². The first-order chi connectivity index (χ1) is 8.23. The van der Waals surface area contributed by atoms with E-state index < -0.39 is 34.2 Å². The van der Waals surface area contributed by atoms with Crippen LogP contribution in [0, 0.1) is 5.82 Å². The molecule has 0 atom stereocenters. The molecule has 2 amide bonds. The predicted molar refractivity (Wildman–Crippen MR) is 56.7 cm³/mol. The fraction of sp³-hybridized carbons (Fsp3) is 0.111. The summed E-state index contributed by atoms with van der Waals surface area (Å²) in [5, 5.41) is 2.57. The van der Waals surface area contributed by atoms with Gasteiger partial charge in [0.1, 0.15) is 0 Å². The van der Waals surface area contributed by atoms with Gasteiger partial charge in [-0.15, -0.1) is 0 Å². The first-order valence-corrected chi connectivity index (χ1v) is 4.75. The molecule has 18 heavy (non-hydrogen) atoms. The number of nitrogens with one attached hydrogen (secondary N) is 1. The predicted octanol–water partition coefficient (Wildman–Crippen LogP) is 2.50. The Morgan fingerprint density at radius 2 is 2.06 bits per heavy atom. The van der Waals surface area contributed by atoms with Gasteiger partial charge in [-0.1, -0.05) is 11.6 Å². The summed E-state index contributed by atoms with van der Waals surface area (Å²) in [7, 11) is 0. The van der Waals surface area contributed by atoms with Crippen molar-refractivity contribution in [2.45, 2.75) is 6.18 Å². The summed E-state index contributed by atoms with van der Waals surface area (Å²) in [6.45, 7) is 0. The number of alkyl halides is 3. The molecule has 3 N–H and O–H groups in total. The van der Waals surface area contributed by atoms with E-state index in [0.717, 1.165) is 6.07 Å². The Balaban J connectivity index is 3.26. The van der Waals surface area contributed by atoms with E-state index in [0.29, 0.717) is 12.3 Å². The number of benzene rings is 1. The fourth-order valence-corrected chi connectivity index (χ4v) is 1.26. The molecule has 0 saturated heterocycles. The van der Waals surface area contributed by atoms with Crippen molar-refractivity contribution >= 4 is 23.8 Å². The molecule has 1 aromatic rings. The average molecular weight is 284 g/mol. The van der Waals surface area contributed by atoms with Gasteiger partial charge in [-0.25, -0.2) is 14.6 Å². The zero-order chi connectivity index (χ0) is 13.9. The number of nitrogens with zero attached hydrogens (tertiary/aromatic N) is 1. The molecular weight excluding hydrogens is 278 g/mol. The highest BCUT2D eigenvalue weighted by atomic mass is 35.5. The number of hydrazone groups is 1. The number of nitrogens with two attached hydrogens (primary N) is 1. The van der Waals surface area contributed by atoms with Crippen molar-refractivity contribution in [2.75, 3.05) is 0 Å². The standard InChI is InChI=1S/C9H6ClF4N3O/c10-6-2-1-5(9(12,13)14)4(7(6)11)3-16-17-8(15)18/h1-3H,(H3,15,17,18). The van der Waals surface area contributed by atoms with Crippen LogP contribution in [0.2, 0.25) is 5.02 Å². The Morgan fingerprint density at radius 3 is 2.56 bits per heavy atom. The first-order valence-electron chi connectivity index (χ1n) is 4.37. The van der Waals surface area contributed by atoms with Crippen molar-refractivity contribution < 1.29 is 22.4 Å². The van der Waals surface area contributed by atoms with Crippen molar-refractivity contribution in [1.29, 1.82) is 0 Å². The summed E-state index contributed by atoms with van der Waals surface area (Å²) in [6, 6.07) is 0.289. The van der Waals surface area contributed by atoms with Crippen LogP contribution in [0.4, 0.5) is 22.4 Å². The van der Waals surface area contributed by atoms with Crippen LogP contribution in [-0.2, 0) is 6.18 Å². The maximum Gasteiger partial charge on any atom is 0.417 e. The van der Waals surface area contributed by atoms with Crippen LogP contribution in [0.3, 0.4) is 0 Å². The maximum atomic E-state index is 13.4. The highest BCUT2D eigenvalue weighted by Gasteiger charge is 2.34. The van der Waals surface area contributed by atoms with Crippen molar-refractivity contribution in [2.24, 2.45) is 10.8 Å². The largest absolute Gasteiger partial charge is 0.417 e. The molecule has 0 unspecified atom stereocenters. The van der Waals surface area contributed by atoms with Gasteiger partial charge >= 0.3 is 12.2 Å². The lowest BCUT2D eigenvalue weighted by atomic mass is 10.1. The van der Waals surface area contributed by atoms with Crippen molar-refractivity contribution in [1.82, 2.24) is 5.43 Å². The summed E-state index contributed by atoms with van der Waals surface area (Å²) in [6.07, 6.45) is -4.30. The van der Waals surface area contributed by atoms with Crippen LogP contribution < -0.4 is 11.2 Å². The van der Waals surface area contributed by atoms with E-state index in [4.69, 9.17) is 11.6 Å². The number of carbonyl (C=O) groups is 1. The molecule has 0 spiro atoms. The zero-order valence-electron chi connectivity index (χ0n) is 8.55. The van der Waals surface area contributed by atoms with Gasteiger partial charge in [-0.05, 0) is 12.1 Å². The summed E-state index contributed by atoms with van der Waals surface area (Å²) < 4.78 is 51.1. The van der Waals surface area contributed by atoms with Gasteiger partial charge in [0.25, 0.3) is 0 Å². The average Bonchev–Trinajstić information content (AvgIpc) is 2.22. The lowest BCUT2D eigenvalue weighted by Crippen LogP contribution is -2.24. The van der Waals surface area contributed by atoms with Crippen LogP contribution in [0.15, 0.2) is 17.2 Å². The molecule has 0 bridgehead atoms. The zero-order valence-corrected chi connectivity index (χ0v) is 9.31. The number of hydrogen-bond acceptors (Lipinski definition) is 2. The summed E-state index contributed by atoms with van der Waals surface area (Å²) in [4.78, 5) is 10.3. The molecule has 0 fully saturated rings. The van der Waals surface area contributed by atoms with E-state index in [2.05, 4.69) is 10.8 Å². The second kappa shape index (κ2) is 5.21. The van der Waals surface area contributed by atoms with Crippen molar-refractivity contribution in [3.63, 3.8) is 0 Å². The van der Waals surface area contributed by atoms with Crippen LogP contribution in [-0.4, -0.2) is 12.2 Å². The third-order valence-electron chi connectivity index (χ3n) is 1.81. The topological polar surface area (TPSA) is 67.5 Å². The van der Waals surface area contributed by atoms with Gasteiger partial charge < -0.3 is 5.73 Å². The highest BCUT2D eigenvalue weighted by molar-refractivity contribution is 6.31. The second-order valence-corrected chi connectivity index (χ2v) is 3.46. The minimum Gasteiger partial charge on any atom is -0.350 e. The number of amides is 2. The molecule has 0 aliphatic carbocycles. The Morgan fingerprint density at radius 1 is 1.44 bits per heavy atom. The lowest BCUT2D eigenvalue weighted by Gasteiger charge is -2.11. The van der Waals surface area contributed by atoms with E-state index in [-0.39, 0.29) is 0 Å². The normalized spacial score (nSPS) is 11.8. The quantitative estimate of drug-likeness (QED) is 0.489. The smallest absolute Gasteiger partial charge is 0.350 e. The minimum atomic E-state index is -4.78. The van der Waals surface area contributed by atoms with E-state index in [1.54, 1.807) is 5.43 Å². The van der Waals surface area contributed by atoms with Crippen LogP contribution in [0.1, 0.15) is 11.1 Å². The monoisotopic (exact) mass is 283 g/mol. The lowest BCUT2D eigenvalue weighted by molar-refractivity contribution is -0.137. The summed E-state index contributed by atoms with van der Waals surface area (Å²) in [5.74, 6) is -1.29. The Kier molecular flexibility index (Phi) is 4.12. The molecule has 9 heteroatoms. The van der Waals surface area contributed by atoms with E-state index >= 15 is 0 Å². The Bertz CT molecular complexity index is 501. The summed E-state index contributed by atoms with van der Waals surface area (Å²) >= 11 is 5.36. The van der Waals surface area contributed by atoms with Gasteiger partial charge in [0.15, 0.2) is 5.82 Å². The molecular formula is C9H6ClF4N3O. The molecule has 0 aliphatic heterocycles. The van der Waals surface area contributed by atoms with Crippen molar-refractivity contribution in [3.05, 3.63) is 34.1 Å². The maximum absolute atomic E-state index is 13.4. The molecule has 0 saturated carbocycles. The number of carbonyl (C=O) groups excluding carboxylic acids is 1. The number of halogens is 5. The van der Waals surface area contributed by atoms with Gasteiger partial charge in [-0.2, -0.15) is 18.3 Å². The van der Waals surface area contributed by atoms with Crippen molar-refractivity contribution in [3.8, 4) is 0 Å². The molecule has 0 heterocycles. The molecule has 4 nitrogen and oxygen atoms in total. The van der Waals surface area contributed by atoms with Gasteiger partial charge in [0, 0.05) is 5.56 Å². The van der Waals surface area contributed by atoms with Crippen LogP contribution in [0.25, 0.3) is 0 Å². The number of hydrogen-bond donors (Lipinski definition) is 2. The minimum absolute atomic E-state index is 0.481. The third kappa shape index (κ3) is 3.33. The van der Waals surface area contributed by atoms with Crippen LogP contribution >= 0.6 is 11.6 Å². The molecule has 98 valence electrons. The molecule has 1 aromatic carbocycles. The number of primary amides is 1. The molecule has 0 aliphatic rings. The second-order valence-electron chi connectivity index (χ2n) is 3.05. The molecule has 1 rings (SSSR count). The first kappa shape index (κ1) is 14.2. The van der Waals surface area contributed by atoms with E-state index in [9.17, 15) is 22.4 Å². The molecule has 0 radical (unpaired) electrons. The third-order valence-corrected chi connectivity index (χ3v) is 2.10. The highest BCUT2D eigenvalue weighted by Crippen LogP contribution is 2.34. The van der Waals surface area contributed by atoms with Gasteiger partial charge in [0.05, 0.1) is 16.8 Å². The SMILES string of the molecule is NC(=O)NN=Cc1c(C(F)(F)F)ccc(Cl)c1F. The van der Waals surface area contributed by atoms with Gasteiger partial charge in [0.2, 0.25) is 0 Å². The fourth-order valence-electron chi connectivity index (χ4n) is 1.10. The Hall–Kier alpha value is -1.83. The number of rotatable bonds is 2. The summed E-state index contributed by atoms with van der Waals surface area (Å²) in [5.41, 5.74) is 4.14. The molecule has 0 aromatic heterocycles. The van der Waals surface area contributed by atoms with Gasteiger partial charge in [-0.3, -0.25) is 0 Å².